The number of hydrogen-bond donors (Lipinski definition) is 1. The molecule has 0 aliphatic heterocycles. The van der Waals surface area contributed by atoms with E-state index in [4.69, 9.17) is 9.84 Å². The Kier molecular flexibility index (Phi) is 8.64. The molecule has 3 heteroatoms. The van der Waals surface area contributed by atoms with Crippen molar-refractivity contribution in [2.75, 3.05) is 13.2 Å². The van der Waals surface area contributed by atoms with Gasteiger partial charge in [0.2, 0.25) is 0 Å². The maximum absolute atomic E-state index is 12.9. The van der Waals surface area contributed by atoms with Crippen molar-refractivity contribution < 1.29 is 14.6 Å². The molecular formula is C23H28O3. The average molecular weight is 352 g/mol. The molecule has 0 aromatic heterocycles. The van der Waals surface area contributed by atoms with Crippen LogP contribution in [0.25, 0.3) is 11.1 Å². The van der Waals surface area contributed by atoms with Crippen molar-refractivity contribution in [2.24, 2.45) is 0 Å². The Morgan fingerprint density at radius 1 is 0.846 bits per heavy atom. The monoisotopic (exact) mass is 352 g/mol. The third kappa shape index (κ3) is 5.85. The van der Waals surface area contributed by atoms with Gasteiger partial charge in [0, 0.05) is 6.61 Å². The second kappa shape index (κ2) is 11.3. The molecule has 0 unspecified atom stereocenters. The molecule has 2 aromatic rings. The summed E-state index contributed by atoms with van der Waals surface area (Å²) >= 11 is 0. The summed E-state index contributed by atoms with van der Waals surface area (Å²) in [5.41, 5.74) is 3.59. The van der Waals surface area contributed by atoms with Gasteiger partial charge >= 0.3 is 5.97 Å². The maximum atomic E-state index is 12.9. The molecule has 0 radical (unpaired) electrons. The lowest BCUT2D eigenvalue weighted by molar-refractivity contribution is -0.136. The van der Waals surface area contributed by atoms with E-state index in [9.17, 15) is 4.79 Å². The van der Waals surface area contributed by atoms with E-state index in [0.717, 1.165) is 48.8 Å². The standard InChI is InChI=1S/C23H28O3/c1-2-21(19-13-7-5-8-14-19)22(20-15-9-6-10-16-20)23(25)26-18-12-4-3-11-17-24/h5-10,13-16,24H,2-4,11-12,17-18H2,1H3/b22-21-. The normalized spacial score (nSPS) is 11.8. The largest absolute Gasteiger partial charge is 0.462 e. The predicted octanol–water partition coefficient (Wildman–Crippen LogP) is 5.10. The first-order valence-corrected chi connectivity index (χ1v) is 9.40. The van der Waals surface area contributed by atoms with E-state index < -0.39 is 0 Å². The molecular weight excluding hydrogens is 324 g/mol. The number of ether oxygens (including phenoxy) is 1. The Balaban J connectivity index is 2.22. The first-order valence-electron chi connectivity index (χ1n) is 9.40. The number of carbonyl (C=O) groups excluding carboxylic acids is 1. The van der Waals surface area contributed by atoms with Gasteiger partial charge in [0.25, 0.3) is 0 Å². The van der Waals surface area contributed by atoms with Gasteiger partial charge < -0.3 is 9.84 Å². The van der Waals surface area contributed by atoms with E-state index >= 15 is 0 Å². The van der Waals surface area contributed by atoms with Crippen LogP contribution in [-0.4, -0.2) is 24.3 Å². The van der Waals surface area contributed by atoms with Gasteiger partial charge in [-0.15, -0.1) is 0 Å². The highest BCUT2D eigenvalue weighted by molar-refractivity contribution is 6.24. The molecule has 2 aromatic carbocycles. The van der Waals surface area contributed by atoms with E-state index in [1.807, 2.05) is 60.7 Å². The SMILES string of the molecule is CC/C(=C(/C(=O)OCCCCCCO)c1ccccc1)c1ccccc1. The van der Waals surface area contributed by atoms with Crippen LogP contribution in [0.1, 0.15) is 50.2 Å². The molecule has 1 N–H and O–H groups in total. The van der Waals surface area contributed by atoms with Crippen LogP contribution < -0.4 is 0 Å². The second-order valence-corrected chi connectivity index (χ2v) is 6.21. The van der Waals surface area contributed by atoms with Gasteiger partial charge in [0.05, 0.1) is 12.2 Å². The molecule has 0 heterocycles. The first kappa shape index (κ1) is 19.9. The Labute approximate surface area is 156 Å². The van der Waals surface area contributed by atoms with Gasteiger partial charge in [-0.1, -0.05) is 74.0 Å². The lowest BCUT2D eigenvalue weighted by Crippen LogP contribution is -2.10. The van der Waals surface area contributed by atoms with E-state index in [1.165, 1.54) is 0 Å². The van der Waals surface area contributed by atoms with Crippen molar-refractivity contribution in [2.45, 2.75) is 39.0 Å². The quantitative estimate of drug-likeness (QED) is 0.280. The van der Waals surface area contributed by atoms with Gasteiger partial charge in [-0.25, -0.2) is 4.79 Å². The second-order valence-electron chi connectivity index (χ2n) is 6.21. The fraction of sp³-hybridized carbons (Fsp3) is 0.348. The summed E-state index contributed by atoms with van der Waals surface area (Å²) in [6, 6.07) is 19.7. The number of aliphatic hydroxyl groups excluding tert-OH is 1. The molecule has 0 saturated carbocycles. The Hall–Kier alpha value is -2.39. The molecule has 138 valence electrons. The van der Waals surface area contributed by atoms with Gasteiger partial charge in [-0.05, 0) is 42.4 Å². The molecule has 0 spiro atoms. The van der Waals surface area contributed by atoms with Crippen LogP contribution in [0, 0.1) is 0 Å². The van der Waals surface area contributed by atoms with Gasteiger partial charge in [-0.2, -0.15) is 0 Å². The van der Waals surface area contributed by atoms with Crippen LogP contribution in [0.2, 0.25) is 0 Å². The molecule has 3 nitrogen and oxygen atoms in total. The number of rotatable bonds is 10. The fourth-order valence-corrected chi connectivity index (χ4v) is 2.99. The molecule has 0 aliphatic rings. The summed E-state index contributed by atoms with van der Waals surface area (Å²) in [6.45, 7) is 2.69. The average Bonchev–Trinajstić information content (AvgIpc) is 2.69. The highest BCUT2D eigenvalue weighted by Gasteiger charge is 2.19. The Morgan fingerprint density at radius 2 is 1.42 bits per heavy atom. The summed E-state index contributed by atoms with van der Waals surface area (Å²) in [6.07, 6.45) is 4.29. The van der Waals surface area contributed by atoms with E-state index in [1.54, 1.807) is 0 Å². The zero-order valence-electron chi connectivity index (χ0n) is 15.5. The number of aliphatic hydroxyl groups is 1. The predicted molar refractivity (Wildman–Crippen MR) is 107 cm³/mol. The van der Waals surface area contributed by atoms with Crippen LogP contribution in [0.4, 0.5) is 0 Å². The van der Waals surface area contributed by atoms with Crippen molar-refractivity contribution in [3.8, 4) is 0 Å². The molecule has 0 atom stereocenters. The van der Waals surface area contributed by atoms with E-state index in [0.29, 0.717) is 12.2 Å². The lowest BCUT2D eigenvalue weighted by atomic mass is 9.93. The summed E-state index contributed by atoms with van der Waals surface area (Å²) < 4.78 is 5.58. The zero-order chi connectivity index (χ0) is 18.6. The Bertz CT molecular complexity index is 690. The van der Waals surface area contributed by atoms with Crippen LogP contribution in [-0.2, 0) is 9.53 Å². The van der Waals surface area contributed by atoms with Crippen molar-refractivity contribution in [1.29, 1.82) is 0 Å². The van der Waals surface area contributed by atoms with Crippen molar-refractivity contribution in [1.82, 2.24) is 0 Å². The van der Waals surface area contributed by atoms with Crippen LogP contribution >= 0.6 is 0 Å². The highest BCUT2D eigenvalue weighted by Crippen LogP contribution is 2.30. The topological polar surface area (TPSA) is 46.5 Å². The molecule has 2 rings (SSSR count). The third-order valence-electron chi connectivity index (χ3n) is 4.33. The molecule has 0 bridgehead atoms. The van der Waals surface area contributed by atoms with Crippen LogP contribution in [0.5, 0.6) is 0 Å². The molecule has 0 fully saturated rings. The van der Waals surface area contributed by atoms with Gasteiger partial charge in [0.1, 0.15) is 0 Å². The number of benzene rings is 2. The molecule has 0 amide bonds. The minimum absolute atomic E-state index is 0.220. The molecule has 0 aliphatic carbocycles. The smallest absolute Gasteiger partial charge is 0.339 e. The van der Waals surface area contributed by atoms with Crippen LogP contribution in [0.15, 0.2) is 60.7 Å². The molecule has 26 heavy (non-hydrogen) atoms. The van der Waals surface area contributed by atoms with Crippen molar-refractivity contribution in [3.05, 3.63) is 71.8 Å². The lowest BCUT2D eigenvalue weighted by Gasteiger charge is -2.15. The number of hydrogen-bond acceptors (Lipinski definition) is 3. The third-order valence-corrected chi connectivity index (χ3v) is 4.33. The van der Waals surface area contributed by atoms with Crippen molar-refractivity contribution >= 4 is 17.1 Å². The van der Waals surface area contributed by atoms with E-state index in [2.05, 4.69) is 6.92 Å². The maximum Gasteiger partial charge on any atom is 0.339 e. The van der Waals surface area contributed by atoms with Gasteiger partial charge in [0.15, 0.2) is 0 Å². The zero-order valence-corrected chi connectivity index (χ0v) is 15.5. The summed E-state index contributed by atoms with van der Waals surface area (Å²) in [5, 5.41) is 8.81. The summed E-state index contributed by atoms with van der Waals surface area (Å²) in [7, 11) is 0. The summed E-state index contributed by atoms with van der Waals surface area (Å²) in [5.74, 6) is -0.265. The minimum atomic E-state index is -0.265. The van der Waals surface area contributed by atoms with Crippen molar-refractivity contribution in [3.63, 3.8) is 0 Å². The first-order chi connectivity index (χ1) is 12.8. The fourth-order valence-electron chi connectivity index (χ4n) is 2.99. The number of carbonyl (C=O) groups is 1. The Morgan fingerprint density at radius 3 is 2.00 bits per heavy atom. The van der Waals surface area contributed by atoms with Crippen LogP contribution in [0.3, 0.4) is 0 Å². The summed E-state index contributed by atoms with van der Waals surface area (Å²) in [4.78, 5) is 12.9. The number of unbranched alkanes of at least 4 members (excludes halogenated alkanes) is 3. The minimum Gasteiger partial charge on any atom is -0.462 e. The number of allylic oxidation sites excluding steroid dienone is 1. The number of esters is 1. The van der Waals surface area contributed by atoms with Gasteiger partial charge in [-0.3, -0.25) is 0 Å². The molecule has 0 saturated heterocycles. The van der Waals surface area contributed by atoms with E-state index in [-0.39, 0.29) is 12.6 Å². The highest BCUT2D eigenvalue weighted by atomic mass is 16.5.